The molecule has 1 heterocycles. The summed E-state index contributed by atoms with van der Waals surface area (Å²) in [6.45, 7) is 0. The van der Waals surface area contributed by atoms with Crippen molar-refractivity contribution in [3.63, 3.8) is 0 Å². The Kier molecular flexibility index (Phi) is 3.72. The Hall–Kier alpha value is -2.54. The number of halogens is 2. The molecule has 1 N–H and O–H groups in total. The third-order valence-electron chi connectivity index (χ3n) is 3.00. The van der Waals surface area contributed by atoms with E-state index in [-0.39, 0.29) is 11.0 Å². The van der Waals surface area contributed by atoms with Crippen molar-refractivity contribution in [2.24, 2.45) is 0 Å². The number of carbonyl (C=O) groups is 1. The Bertz CT molecular complexity index is 808. The molecule has 2 aromatic carbocycles. The van der Waals surface area contributed by atoms with Crippen molar-refractivity contribution in [2.45, 2.75) is 0 Å². The number of ether oxygens (including phenoxy) is 1. The summed E-state index contributed by atoms with van der Waals surface area (Å²) in [6, 6.07) is 8.62. The maximum absolute atomic E-state index is 13.2. The van der Waals surface area contributed by atoms with Gasteiger partial charge in [0.15, 0.2) is 16.8 Å². The van der Waals surface area contributed by atoms with E-state index in [9.17, 15) is 13.6 Å². The van der Waals surface area contributed by atoms with Crippen LogP contribution in [0.5, 0.6) is 5.75 Å². The first kappa shape index (κ1) is 14.4. The van der Waals surface area contributed by atoms with Gasteiger partial charge in [-0.25, -0.2) is 13.8 Å². The summed E-state index contributed by atoms with van der Waals surface area (Å²) < 4.78 is 31.8. The highest BCUT2D eigenvalue weighted by atomic mass is 32.1. The third kappa shape index (κ3) is 2.75. The molecule has 0 atom stereocenters. The first-order chi connectivity index (χ1) is 10.6. The number of hydrogen-bond donors (Lipinski definition) is 1. The number of methoxy groups -OCH3 is 1. The van der Waals surface area contributed by atoms with Gasteiger partial charge >= 0.3 is 0 Å². The smallest absolute Gasteiger partial charge is 0.257 e. The normalized spacial score (nSPS) is 10.7. The number of anilines is 1. The van der Waals surface area contributed by atoms with Crippen LogP contribution in [0.3, 0.4) is 0 Å². The zero-order valence-electron chi connectivity index (χ0n) is 11.4. The van der Waals surface area contributed by atoms with Gasteiger partial charge in [0.05, 0.1) is 17.3 Å². The lowest BCUT2D eigenvalue weighted by molar-refractivity contribution is 0.102. The maximum Gasteiger partial charge on any atom is 0.257 e. The van der Waals surface area contributed by atoms with E-state index < -0.39 is 11.6 Å². The Morgan fingerprint density at radius 1 is 1.18 bits per heavy atom. The van der Waals surface area contributed by atoms with E-state index in [1.165, 1.54) is 7.11 Å². The topological polar surface area (TPSA) is 51.2 Å². The molecule has 0 fully saturated rings. The fourth-order valence-electron chi connectivity index (χ4n) is 1.89. The monoisotopic (exact) mass is 320 g/mol. The Morgan fingerprint density at radius 2 is 1.86 bits per heavy atom. The maximum atomic E-state index is 13.2. The summed E-state index contributed by atoms with van der Waals surface area (Å²) in [5, 5.41) is 2.89. The van der Waals surface area contributed by atoms with Gasteiger partial charge in [-0.15, -0.1) is 0 Å². The molecule has 0 unspecified atom stereocenters. The van der Waals surface area contributed by atoms with E-state index in [1.807, 2.05) is 0 Å². The average Bonchev–Trinajstić information content (AvgIpc) is 2.89. The molecular weight excluding hydrogens is 310 g/mol. The number of carbonyl (C=O) groups excluding carboxylic acids is 1. The number of amides is 1. The fraction of sp³-hybridized carbons (Fsp3) is 0.0667. The molecule has 3 rings (SSSR count). The van der Waals surface area contributed by atoms with E-state index >= 15 is 0 Å². The molecule has 3 aromatic rings. The summed E-state index contributed by atoms with van der Waals surface area (Å²) in [4.78, 5) is 16.2. The van der Waals surface area contributed by atoms with Crippen LogP contribution in [-0.2, 0) is 0 Å². The predicted octanol–water partition coefficient (Wildman–Crippen LogP) is 3.84. The zero-order valence-corrected chi connectivity index (χ0v) is 12.2. The molecule has 1 amide bonds. The van der Waals surface area contributed by atoms with Gasteiger partial charge in [0.2, 0.25) is 0 Å². The van der Waals surface area contributed by atoms with Crippen LogP contribution < -0.4 is 10.1 Å². The second-order valence-corrected chi connectivity index (χ2v) is 5.47. The van der Waals surface area contributed by atoms with Gasteiger partial charge in [-0.2, -0.15) is 0 Å². The number of thiazole rings is 1. The van der Waals surface area contributed by atoms with Crippen molar-refractivity contribution in [2.75, 3.05) is 12.4 Å². The van der Waals surface area contributed by atoms with Crippen molar-refractivity contribution in [1.82, 2.24) is 4.98 Å². The molecule has 0 aliphatic carbocycles. The quantitative estimate of drug-likeness (QED) is 0.798. The molecule has 0 radical (unpaired) electrons. The molecule has 0 aliphatic rings. The van der Waals surface area contributed by atoms with Crippen LogP contribution >= 0.6 is 11.3 Å². The number of rotatable bonds is 3. The molecule has 0 saturated heterocycles. The molecular formula is C15H10F2N2O2S. The number of aromatic nitrogens is 1. The van der Waals surface area contributed by atoms with E-state index in [1.54, 1.807) is 24.3 Å². The summed E-state index contributed by atoms with van der Waals surface area (Å²) in [7, 11) is 1.54. The number of nitrogens with one attached hydrogen (secondary N) is 1. The van der Waals surface area contributed by atoms with Gasteiger partial charge in [0.1, 0.15) is 5.75 Å². The highest BCUT2D eigenvalue weighted by Gasteiger charge is 2.12. The fourth-order valence-corrected chi connectivity index (χ4v) is 2.76. The number of benzene rings is 2. The summed E-state index contributed by atoms with van der Waals surface area (Å²) >= 11 is 1.08. The summed E-state index contributed by atoms with van der Waals surface area (Å²) in [5.74, 6) is -1.62. The number of hydrogen-bond acceptors (Lipinski definition) is 4. The molecule has 4 nitrogen and oxygen atoms in total. The molecule has 0 saturated carbocycles. The lowest BCUT2D eigenvalue weighted by Crippen LogP contribution is -2.11. The van der Waals surface area contributed by atoms with Gasteiger partial charge in [0, 0.05) is 11.6 Å². The Morgan fingerprint density at radius 3 is 2.55 bits per heavy atom. The second kappa shape index (κ2) is 5.69. The minimum atomic E-state index is -0.967. The first-order valence-electron chi connectivity index (χ1n) is 6.28. The average molecular weight is 320 g/mol. The van der Waals surface area contributed by atoms with E-state index in [0.29, 0.717) is 21.5 Å². The minimum absolute atomic E-state index is 0.279. The van der Waals surface area contributed by atoms with Gasteiger partial charge < -0.3 is 4.74 Å². The van der Waals surface area contributed by atoms with E-state index in [0.717, 1.165) is 23.5 Å². The number of nitrogens with zero attached hydrogens (tertiary/aromatic N) is 1. The van der Waals surface area contributed by atoms with Crippen molar-refractivity contribution >= 4 is 32.6 Å². The van der Waals surface area contributed by atoms with E-state index in [2.05, 4.69) is 10.3 Å². The van der Waals surface area contributed by atoms with Crippen LogP contribution in [0.2, 0.25) is 0 Å². The molecule has 1 aromatic heterocycles. The van der Waals surface area contributed by atoms with Gasteiger partial charge in [-0.3, -0.25) is 10.1 Å². The molecule has 112 valence electrons. The van der Waals surface area contributed by atoms with Crippen molar-refractivity contribution in [1.29, 1.82) is 0 Å². The summed E-state index contributed by atoms with van der Waals surface area (Å²) in [5.41, 5.74) is 0.728. The SMILES string of the molecule is COc1ccc(C(=O)Nc2nc3cc(F)c(F)cc3s2)cc1. The minimum Gasteiger partial charge on any atom is -0.497 e. The Balaban J connectivity index is 1.84. The highest BCUT2D eigenvalue weighted by Crippen LogP contribution is 2.28. The van der Waals surface area contributed by atoms with E-state index in [4.69, 9.17) is 4.74 Å². The number of fused-ring (bicyclic) bond motifs is 1. The molecule has 0 aliphatic heterocycles. The molecule has 7 heteroatoms. The highest BCUT2D eigenvalue weighted by molar-refractivity contribution is 7.22. The first-order valence-corrected chi connectivity index (χ1v) is 7.09. The second-order valence-electron chi connectivity index (χ2n) is 4.44. The van der Waals surface area contributed by atoms with Gasteiger partial charge in [-0.1, -0.05) is 11.3 Å². The van der Waals surface area contributed by atoms with Crippen molar-refractivity contribution in [3.8, 4) is 5.75 Å². The van der Waals surface area contributed by atoms with Gasteiger partial charge in [0.25, 0.3) is 5.91 Å². The van der Waals surface area contributed by atoms with Crippen LogP contribution in [0.15, 0.2) is 36.4 Å². The zero-order chi connectivity index (χ0) is 15.7. The van der Waals surface area contributed by atoms with Gasteiger partial charge in [-0.05, 0) is 30.3 Å². The Labute approximate surface area is 128 Å². The molecule has 0 spiro atoms. The third-order valence-corrected chi connectivity index (χ3v) is 3.94. The largest absolute Gasteiger partial charge is 0.497 e. The molecule has 0 bridgehead atoms. The summed E-state index contributed by atoms with van der Waals surface area (Å²) in [6.07, 6.45) is 0. The molecule has 22 heavy (non-hydrogen) atoms. The lowest BCUT2D eigenvalue weighted by Gasteiger charge is -2.03. The standard InChI is InChI=1S/C15H10F2N2O2S/c1-21-9-4-2-8(3-5-9)14(20)19-15-18-12-6-10(16)11(17)7-13(12)22-15/h2-7H,1H3,(H,18,19,20). The lowest BCUT2D eigenvalue weighted by atomic mass is 10.2. The van der Waals surface area contributed by atoms with Crippen molar-refractivity contribution < 1.29 is 18.3 Å². The van der Waals surface area contributed by atoms with Crippen molar-refractivity contribution in [3.05, 3.63) is 53.6 Å². The van der Waals surface area contributed by atoms with Crippen LogP contribution in [0.4, 0.5) is 13.9 Å². The van der Waals surface area contributed by atoms with Crippen LogP contribution in [-0.4, -0.2) is 18.0 Å². The van der Waals surface area contributed by atoms with Crippen LogP contribution in [0.1, 0.15) is 10.4 Å². The predicted molar refractivity (Wildman–Crippen MR) is 80.5 cm³/mol. The van der Waals surface area contributed by atoms with Crippen LogP contribution in [0, 0.1) is 11.6 Å². The van der Waals surface area contributed by atoms with Crippen LogP contribution in [0.25, 0.3) is 10.2 Å².